The van der Waals surface area contributed by atoms with Crippen molar-refractivity contribution in [3.63, 3.8) is 0 Å². The molecule has 8 heteroatoms. The number of nitrogens with zero attached hydrogens (tertiary/aromatic N) is 1. The number of carbonyl (C=O) groups excluding carboxylic acids is 1. The van der Waals surface area contributed by atoms with Gasteiger partial charge in [-0.3, -0.25) is 4.79 Å². The average Bonchev–Trinajstić information content (AvgIpc) is 3.09. The van der Waals surface area contributed by atoms with Crippen LogP contribution < -0.4 is 10.1 Å². The first kappa shape index (κ1) is 20.4. The second kappa shape index (κ2) is 7.97. The minimum atomic E-state index is -3.60. The predicted molar refractivity (Wildman–Crippen MR) is 105 cm³/mol. The van der Waals surface area contributed by atoms with Gasteiger partial charge in [0.05, 0.1) is 18.3 Å². The Morgan fingerprint density at radius 3 is 2.39 bits per heavy atom. The van der Waals surface area contributed by atoms with Gasteiger partial charge in [0, 0.05) is 24.7 Å². The highest BCUT2D eigenvalue weighted by Gasteiger charge is 2.31. The van der Waals surface area contributed by atoms with E-state index in [1.54, 1.807) is 32.2 Å². The number of sulfonamides is 1. The van der Waals surface area contributed by atoms with Crippen molar-refractivity contribution in [2.45, 2.75) is 44.6 Å². The highest BCUT2D eigenvalue weighted by Crippen LogP contribution is 2.29. The lowest BCUT2D eigenvalue weighted by atomic mass is 10.1. The maximum Gasteiger partial charge on any atom is 0.287 e. The number of piperidine rings is 1. The van der Waals surface area contributed by atoms with Crippen molar-refractivity contribution in [1.82, 2.24) is 9.62 Å². The molecule has 1 N–H and O–H groups in total. The Kier molecular flexibility index (Phi) is 5.81. The maximum atomic E-state index is 13.1. The SMILES string of the molecule is COc1cc(C)c(S(=O)(=O)N2CCC(NC(=O)c3occc3C)CC2)cc1C. The highest BCUT2D eigenvalue weighted by atomic mass is 32.2. The van der Waals surface area contributed by atoms with Crippen LogP contribution in [0.2, 0.25) is 0 Å². The lowest BCUT2D eigenvalue weighted by Gasteiger charge is -2.32. The molecule has 0 unspecified atom stereocenters. The van der Waals surface area contributed by atoms with Crippen LogP contribution in [0, 0.1) is 20.8 Å². The van der Waals surface area contributed by atoms with Gasteiger partial charge in [-0.25, -0.2) is 8.42 Å². The van der Waals surface area contributed by atoms with E-state index in [0.29, 0.717) is 47.9 Å². The van der Waals surface area contributed by atoms with Crippen molar-refractivity contribution in [2.24, 2.45) is 0 Å². The summed E-state index contributed by atoms with van der Waals surface area (Å²) in [5.74, 6) is 0.718. The molecule has 1 aromatic carbocycles. The van der Waals surface area contributed by atoms with Crippen LogP contribution in [0.15, 0.2) is 33.8 Å². The van der Waals surface area contributed by atoms with Crippen molar-refractivity contribution >= 4 is 15.9 Å². The third-order valence-corrected chi connectivity index (χ3v) is 7.21. The summed E-state index contributed by atoms with van der Waals surface area (Å²) >= 11 is 0. The molecule has 1 aromatic heterocycles. The van der Waals surface area contributed by atoms with Crippen LogP contribution in [0.4, 0.5) is 0 Å². The van der Waals surface area contributed by atoms with Crippen LogP contribution in [0.25, 0.3) is 0 Å². The van der Waals surface area contributed by atoms with E-state index in [4.69, 9.17) is 9.15 Å². The number of hydrogen-bond acceptors (Lipinski definition) is 5. The lowest BCUT2D eigenvalue weighted by Crippen LogP contribution is -2.46. The zero-order valence-electron chi connectivity index (χ0n) is 16.6. The second-order valence-corrected chi connectivity index (χ2v) is 9.08. The number of rotatable bonds is 5. The fraction of sp³-hybridized carbons (Fsp3) is 0.450. The number of carbonyl (C=O) groups is 1. The monoisotopic (exact) mass is 406 g/mol. The van der Waals surface area contributed by atoms with Gasteiger partial charge in [-0.05, 0) is 62.9 Å². The first-order valence-electron chi connectivity index (χ1n) is 9.24. The fourth-order valence-electron chi connectivity index (χ4n) is 3.50. The van der Waals surface area contributed by atoms with Gasteiger partial charge < -0.3 is 14.5 Å². The Hall–Kier alpha value is -2.32. The Bertz CT molecular complexity index is 972. The minimum Gasteiger partial charge on any atom is -0.496 e. The van der Waals surface area contributed by atoms with Gasteiger partial charge in [0.25, 0.3) is 5.91 Å². The molecule has 2 heterocycles. The molecule has 152 valence electrons. The molecule has 3 rings (SSSR count). The fourth-order valence-corrected chi connectivity index (χ4v) is 5.26. The molecule has 0 aliphatic carbocycles. The number of methoxy groups -OCH3 is 1. The quantitative estimate of drug-likeness (QED) is 0.825. The van der Waals surface area contributed by atoms with Gasteiger partial charge >= 0.3 is 0 Å². The van der Waals surface area contributed by atoms with Crippen LogP contribution in [-0.4, -0.2) is 44.9 Å². The van der Waals surface area contributed by atoms with Gasteiger partial charge in [-0.2, -0.15) is 4.31 Å². The van der Waals surface area contributed by atoms with E-state index in [1.807, 2.05) is 13.8 Å². The Labute approximate surface area is 165 Å². The third-order valence-electron chi connectivity index (χ3n) is 5.17. The molecule has 0 atom stereocenters. The molecule has 0 radical (unpaired) electrons. The summed E-state index contributed by atoms with van der Waals surface area (Å²) in [6.07, 6.45) is 2.59. The van der Waals surface area contributed by atoms with Crippen molar-refractivity contribution in [1.29, 1.82) is 0 Å². The summed E-state index contributed by atoms with van der Waals surface area (Å²) < 4.78 is 38.2. The number of benzene rings is 1. The van der Waals surface area contributed by atoms with E-state index in [1.165, 1.54) is 10.6 Å². The third kappa shape index (κ3) is 3.93. The average molecular weight is 407 g/mol. The summed E-state index contributed by atoms with van der Waals surface area (Å²) in [6.45, 7) is 6.12. The van der Waals surface area contributed by atoms with E-state index in [2.05, 4.69) is 5.32 Å². The Morgan fingerprint density at radius 2 is 1.82 bits per heavy atom. The van der Waals surface area contributed by atoms with Gasteiger partial charge in [-0.15, -0.1) is 0 Å². The molecule has 1 saturated heterocycles. The molecular weight excluding hydrogens is 380 g/mol. The van der Waals surface area contributed by atoms with E-state index in [-0.39, 0.29) is 11.9 Å². The first-order chi connectivity index (χ1) is 13.2. The van der Waals surface area contributed by atoms with Crippen LogP contribution in [-0.2, 0) is 10.0 Å². The minimum absolute atomic E-state index is 0.0813. The smallest absolute Gasteiger partial charge is 0.287 e. The molecule has 0 spiro atoms. The topological polar surface area (TPSA) is 88.9 Å². The van der Waals surface area contributed by atoms with Gasteiger partial charge in [0.15, 0.2) is 5.76 Å². The van der Waals surface area contributed by atoms with E-state index in [9.17, 15) is 13.2 Å². The molecule has 28 heavy (non-hydrogen) atoms. The normalized spacial score (nSPS) is 16.1. The molecule has 7 nitrogen and oxygen atoms in total. The number of aryl methyl sites for hydroxylation is 3. The zero-order chi connectivity index (χ0) is 20.5. The number of nitrogens with one attached hydrogen (secondary N) is 1. The van der Waals surface area contributed by atoms with Crippen molar-refractivity contribution in [3.8, 4) is 5.75 Å². The van der Waals surface area contributed by atoms with Crippen molar-refractivity contribution in [2.75, 3.05) is 20.2 Å². The lowest BCUT2D eigenvalue weighted by molar-refractivity contribution is 0.0895. The zero-order valence-corrected chi connectivity index (χ0v) is 17.4. The molecule has 0 bridgehead atoms. The summed E-state index contributed by atoms with van der Waals surface area (Å²) in [4.78, 5) is 12.6. The Morgan fingerprint density at radius 1 is 1.14 bits per heavy atom. The van der Waals surface area contributed by atoms with Gasteiger partial charge in [-0.1, -0.05) is 0 Å². The van der Waals surface area contributed by atoms with Crippen LogP contribution in [0.1, 0.15) is 40.1 Å². The van der Waals surface area contributed by atoms with Gasteiger partial charge in [0.1, 0.15) is 5.75 Å². The number of hydrogen-bond donors (Lipinski definition) is 1. The van der Waals surface area contributed by atoms with Crippen LogP contribution >= 0.6 is 0 Å². The first-order valence-corrected chi connectivity index (χ1v) is 10.7. The largest absolute Gasteiger partial charge is 0.496 e. The van der Waals surface area contributed by atoms with E-state index >= 15 is 0 Å². The van der Waals surface area contributed by atoms with Crippen LogP contribution in [0.3, 0.4) is 0 Å². The van der Waals surface area contributed by atoms with Gasteiger partial charge in [0.2, 0.25) is 10.0 Å². The molecule has 1 fully saturated rings. The van der Waals surface area contributed by atoms with E-state index < -0.39 is 10.0 Å². The number of furan rings is 1. The Balaban J connectivity index is 1.68. The number of ether oxygens (including phenoxy) is 1. The molecule has 1 aliphatic rings. The molecular formula is C20H26N2O5S. The molecule has 2 aromatic rings. The number of amides is 1. The highest BCUT2D eigenvalue weighted by molar-refractivity contribution is 7.89. The standard InChI is InChI=1S/C20H26N2O5S/c1-13-7-10-27-19(13)20(23)21-16-5-8-22(9-6-16)28(24,25)18-12-14(2)17(26-4)11-15(18)3/h7,10-12,16H,5-6,8-9H2,1-4H3,(H,21,23). The van der Waals surface area contributed by atoms with E-state index in [0.717, 1.165) is 11.1 Å². The van der Waals surface area contributed by atoms with Crippen LogP contribution in [0.5, 0.6) is 5.75 Å². The summed E-state index contributed by atoms with van der Waals surface area (Å²) in [5.41, 5.74) is 2.22. The maximum absolute atomic E-state index is 13.1. The summed E-state index contributed by atoms with van der Waals surface area (Å²) in [6, 6.07) is 5.07. The summed E-state index contributed by atoms with van der Waals surface area (Å²) in [7, 11) is -2.03. The molecule has 1 aliphatic heterocycles. The summed E-state index contributed by atoms with van der Waals surface area (Å²) in [5, 5.41) is 2.94. The van der Waals surface area contributed by atoms with Crippen molar-refractivity contribution < 1.29 is 22.4 Å². The molecule has 1 amide bonds. The predicted octanol–water partition coefficient (Wildman–Crippen LogP) is 2.80. The molecule has 0 saturated carbocycles. The second-order valence-electron chi connectivity index (χ2n) is 7.17. The van der Waals surface area contributed by atoms with Crippen molar-refractivity contribution in [3.05, 3.63) is 46.9 Å².